The van der Waals surface area contributed by atoms with Crippen LogP contribution in [0.25, 0.3) is 0 Å². The van der Waals surface area contributed by atoms with Crippen LogP contribution >= 0.6 is 0 Å². The fourth-order valence-electron chi connectivity index (χ4n) is 3.23. The van der Waals surface area contributed by atoms with Crippen LogP contribution in [-0.2, 0) is 21.1 Å². The highest BCUT2D eigenvalue weighted by atomic mass is 32.2. The van der Waals surface area contributed by atoms with Gasteiger partial charge in [-0.15, -0.1) is 0 Å². The molecule has 178 valence electrons. The molecule has 10 nitrogen and oxygen atoms in total. The average Bonchev–Trinajstić information content (AvgIpc) is 2.77. The van der Waals surface area contributed by atoms with Crippen LogP contribution in [0.1, 0.15) is 26.3 Å². The molecule has 0 saturated carbocycles. The van der Waals surface area contributed by atoms with E-state index in [1.165, 1.54) is 29.2 Å². The smallest absolute Gasteiger partial charge is 0.411 e. The Balaban J connectivity index is 1.66. The maximum atomic E-state index is 13.3. The molecule has 1 unspecified atom stereocenters. The number of nitrogens with zero attached hydrogens (tertiary/aromatic N) is 2. The molecule has 0 bridgehead atoms. The fourth-order valence-corrected chi connectivity index (χ4v) is 4.92. The minimum absolute atomic E-state index is 0.0486. The van der Waals surface area contributed by atoms with Gasteiger partial charge in [-0.3, -0.25) is 9.88 Å². The summed E-state index contributed by atoms with van der Waals surface area (Å²) in [6, 6.07) is 9.00. The molecule has 33 heavy (non-hydrogen) atoms. The van der Waals surface area contributed by atoms with Crippen LogP contribution in [-0.4, -0.2) is 61.0 Å². The van der Waals surface area contributed by atoms with Crippen LogP contribution in [0.4, 0.5) is 15.3 Å². The number of amides is 3. The number of hydrogen-bond donors (Lipinski definition) is 3. The number of urea groups is 1. The Hall–Kier alpha value is -3.18. The van der Waals surface area contributed by atoms with Crippen LogP contribution in [0, 0.1) is 0 Å². The molecule has 3 amide bonds. The predicted molar refractivity (Wildman–Crippen MR) is 123 cm³/mol. The van der Waals surface area contributed by atoms with Crippen molar-refractivity contribution in [2.45, 2.75) is 43.2 Å². The van der Waals surface area contributed by atoms with Gasteiger partial charge in [0.1, 0.15) is 5.60 Å². The summed E-state index contributed by atoms with van der Waals surface area (Å²) in [7, 11) is -3.87. The second-order valence-corrected chi connectivity index (χ2v) is 10.7. The van der Waals surface area contributed by atoms with Crippen molar-refractivity contribution in [3.05, 3.63) is 54.4 Å². The van der Waals surface area contributed by atoms with Gasteiger partial charge in [-0.2, -0.15) is 0 Å². The van der Waals surface area contributed by atoms with E-state index >= 15 is 0 Å². The largest absolute Gasteiger partial charge is 0.444 e. The summed E-state index contributed by atoms with van der Waals surface area (Å²) >= 11 is 0. The number of anilines is 1. The van der Waals surface area contributed by atoms with E-state index in [1.54, 1.807) is 45.3 Å². The lowest BCUT2D eigenvalue weighted by Crippen LogP contribution is -2.57. The quantitative estimate of drug-likeness (QED) is 0.605. The topological polar surface area (TPSA) is 130 Å². The van der Waals surface area contributed by atoms with E-state index in [9.17, 15) is 18.0 Å². The molecule has 3 rings (SSSR count). The highest BCUT2D eigenvalue weighted by Crippen LogP contribution is 2.24. The molecule has 11 heteroatoms. The first-order chi connectivity index (χ1) is 15.6. The standard InChI is InChI=1S/C22H29N5O5S/c1-22(2,3)32-21(29)27-13-12-24-15-19(27)33(30,31)18-6-4-17(5-7-18)26-20(28)25-14-16-8-10-23-11-9-16/h4-11,19,24H,12-15H2,1-3H3,(H2,25,26,28). The zero-order valence-corrected chi connectivity index (χ0v) is 19.7. The molecule has 0 spiro atoms. The van der Waals surface area contributed by atoms with Gasteiger partial charge in [-0.05, 0) is 62.7 Å². The lowest BCUT2D eigenvalue weighted by molar-refractivity contribution is 0.0193. The molecule has 1 saturated heterocycles. The normalized spacial score (nSPS) is 16.7. The molecular formula is C22H29N5O5S. The first-order valence-corrected chi connectivity index (χ1v) is 12.1. The van der Waals surface area contributed by atoms with Crippen molar-refractivity contribution < 1.29 is 22.7 Å². The summed E-state index contributed by atoms with van der Waals surface area (Å²) in [5, 5.41) is 7.32. The van der Waals surface area contributed by atoms with Crippen molar-refractivity contribution in [3.8, 4) is 0 Å². The van der Waals surface area contributed by atoms with E-state index in [4.69, 9.17) is 4.74 Å². The first-order valence-electron chi connectivity index (χ1n) is 10.5. The van der Waals surface area contributed by atoms with E-state index in [-0.39, 0.29) is 18.0 Å². The molecule has 2 aromatic rings. The van der Waals surface area contributed by atoms with Crippen molar-refractivity contribution in [1.29, 1.82) is 0 Å². The van der Waals surface area contributed by atoms with Gasteiger partial charge in [0.25, 0.3) is 0 Å². The number of nitrogens with one attached hydrogen (secondary N) is 3. The van der Waals surface area contributed by atoms with Crippen molar-refractivity contribution in [3.63, 3.8) is 0 Å². The number of benzene rings is 1. The molecule has 1 aliphatic rings. The third-order valence-corrected chi connectivity index (χ3v) is 6.89. The van der Waals surface area contributed by atoms with Gasteiger partial charge in [-0.1, -0.05) is 0 Å². The minimum atomic E-state index is -3.87. The van der Waals surface area contributed by atoms with Gasteiger partial charge in [0.15, 0.2) is 5.37 Å². The Morgan fingerprint density at radius 2 is 1.82 bits per heavy atom. The van der Waals surface area contributed by atoms with E-state index in [1.807, 2.05) is 0 Å². The van der Waals surface area contributed by atoms with Crippen molar-refractivity contribution in [2.75, 3.05) is 25.0 Å². The highest BCUT2D eigenvalue weighted by Gasteiger charge is 2.39. The van der Waals surface area contributed by atoms with E-state index in [2.05, 4.69) is 20.9 Å². The molecule has 1 atom stereocenters. The highest BCUT2D eigenvalue weighted by molar-refractivity contribution is 7.92. The van der Waals surface area contributed by atoms with Crippen molar-refractivity contribution >= 4 is 27.6 Å². The maximum Gasteiger partial charge on any atom is 0.411 e. The van der Waals surface area contributed by atoms with Gasteiger partial charge in [0, 0.05) is 44.3 Å². The van der Waals surface area contributed by atoms with Crippen LogP contribution in [0.5, 0.6) is 0 Å². The fraction of sp³-hybridized carbons (Fsp3) is 0.409. The first kappa shape index (κ1) is 24.5. The molecule has 1 fully saturated rings. The summed E-state index contributed by atoms with van der Waals surface area (Å²) in [5.74, 6) is 0. The van der Waals surface area contributed by atoms with E-state index in [0.717, 1.165) is 5.56 Å². The summed E-state index contributed by atoms with van der Waals surface area (Å²) in [5.41, 5.74) is 0.603. The Labute approximate surface area is 193 Å². The lowest BCUT2D eigenvalue weighted by atomic mass is 10.2. The number of pyridine rings is 1. The molecule has 2 heterocycles. The number of ether oxygens (including phenoxy) is 1. The number of sulfone groups is 1. The summed E-state index contributed by atoms with van der Waals surface area (Å²) in [6.07, 6.45) is 2.61. The van der Waals surface area contributed by atoms with Gasteiger partial charge < -0.3 is 20.7 Å². The second kappa shape index (κ2) is 10.2. The summed E-state index contributed by atoms with van der Waals surface area (Å²) in [6.45, 7) is 6.31. The lowest BCUT2D eigenvalue weighted by Gasteiger charge is -2.36. The summed E-state index contributed by atoms with van der Waals surface area (Å²) in [4.78, 5) is 29.9. The number of hydrogen-bond acceptors (Lipinski definition) is 7. The molecule has 1 aromatic carbocycles. The van der Waals surface area contributed by atoms with E-state index in [0.29, 0.717) is 18.8 Å². The van der Waals surface area contributed by atoms with Crippen molar-refractivity contribution in [1.82, 2.24) is 20.5 Å². The Kier molecular flexibility index (Phi) is 7.54. The Bertz CT molecular complexity index is 1070. The predicted octanol–water partition coefficient (Wildman–Crippen LogP) is 2.34. The molecular weight excluding hydrogens is 446 g/mol. The number of carbonyl (C=O) groups is 2. The Morgan fingerprint density at radius 3 is 2.45 bits per heavy atom. The third-order valence-electron chi connectivity index (χ3n) is 4.83. The molecule has 1 aromatic heterocycles. The zero-order chi connectivity index (χ0) is 24.1. The molecule has 0 radical (unpaired) electrons. The van der Waals surface area contributed by atoms with Crippen molar-refractivity contribution in [2.24, 2.45) is 0 Å². The Morgan fingerprint density at radius 1 is 1.15 bits per heavy atom. The van der Waals surface area contributed by atoms with Crippen LogP contribution < -0.4 is 16.0 Å². The third kappa shape index (κ3) is 6.65. The van der Waals surface area contributed by atoms with Crippen LogP contribution in [0.2, 0.25) is 0 Å². The maximum absolute atomic E-state index is 13.3. The van der Waals surface area contributed by atoms with Gasteiger partial charge in [-0.25, -0.2) is 18.0 Å². The SMILES string of the molecule is CC(C)(C)OC(=O)N1CCNCC1S(=O)(=O)c1ccc(NC(=O)NCc2ccncc2)cc1. The molecule has 0 aliphatic carbocycles. The molecule has 3 N–H and O–H groups in total. The zero-order valence-electron chi connectivity index (χ0n) is 18.9. The second-order valence-electron chi connectivity index (χ2n) is 8.57. The number of piperazine rings is 1. The number of carbonyl (C=O) groups excluding carboxylic acids is 2. The minimum Gasteiger partial charge on any atom is -0.444 e. The van der Waals surface area contributed by atoms with Gasteiger partial charge >= 0.3 is 12.1 Å². The van der Waals surface area contributed by atoms with E-state index < -0.39 is 32.9 Å². The van der Waals surface area contributed by atoms with Crippen LogP contribution in [0.15, 0.2) is 53.7 Å². The summed E-state index contributed by atoms with van der Waals surface area (Å²) < 4.78 is 31.9. The molecule has 1 aliphatic heterocycles. The van der Waals surface area contributed by atoms with Gasteiger partial charge in [0.2, 0.25) is 9.84 Å². The van der Waals surface area contributed by atoms with Gasteiger partial charge in [0.05, 0.1) is 4.90 Å². The average molecular weight is 476 g/mol. The number of rotatable bonds is 5. The van der Waals surface area contributed by atoms with Crippen LogP contribution in [0.3, 0.4) is 0 Å². The monoisotopic (exact) mass is 475 g/mol. The number of aromatic nitrogens is 1.